The second-order valence-electron chi connectivity index (χ2n) is 4.31. The molecule has 20 heavy (non-hydrogen) atoms. The van der Waals surface area contributed by atoms with Crippen LogP contribution in [0.4, 0.5) is 0 Å². The number of benzene rings is 1. The predicted molar refractivity (Wildman–Crippen MR) is 73.9 cm³/mol. The second-order valence-corrected chi connectivity index (χ2v) is 5.19. The maximum Gasteiger partial charge on any atom is 0.320 e. The molecule has 102 valence electrons. The van der Waals surface area contributed by atoms with Crippen molar-refractivity contribution < 1.29 is 9.90 Å². The van der Waals surface area contributed by atoms with E-state index in [-0.39, 0.29) is 6.42 Å². The minimum atomic E-state index is -1.05. The third-order valence-electron chi connectivity index (χ3n) is 2.87. The zero-order valence-electron chi connectivity index (χ0n) is 10.3. The van der Waals surface area contributed by atoms with Gasteiger partial charge < -0.3 is 10.8 Å². The van der Waals surface area contributed by atoms with Crippen LogP contribution in [0.25, 0.3) is 15.9 Å². The molecule has 0 radical (unpaired) electrons. The number of hydrogen-bond donors (Lipinski definition) is 2. The monoisotopic (exact) mass is 289 g/mol. The van der Waals surface area contributed by atoms with Crippen LogP contribution in [-0.4, -0.2) is 37.1 Å². The molecule has 0 aliphatic rings. The van der Waals surface area contributed by atoms with Crippen molar-refractivity contribution in [3.8, 4) is 5.69 Å². The molecule has 0 aliphatic heterocycles. The summed E-state index contributed by atoms with van der Waals surface area (Å²) in [5.41, 5.74) is 9.59. The first-order valence-electron chi connectivity index (χ1n) is 5.87. The highest BCUT2D eigenvalue weighted by molar-refractivity contribution is 7.16. The Labute approximate surface area is 117 Å². The van der Waals surface area contributed by atoms with E-state index in [9.17, 15) is 4.79 Å². The molecule has 0 saturated carbocycles. The van der Waals surface area contributed by atoms with E-state index in [0.29, 0.717) is 5.69 Å². The summed E-state index contributed by atoms with van der Waals surface area (Å²) < 4.78 is 2.66. The summed E-state index contributed by atoms with van der Waals surface area (Å²) in [6.07, 6.45) is 1.84. The molecule has 7 nitrogen and oxygen atoms in total. The highest BCUT2D eigenvalue weighted by Crippen LogP contribution is 2.20. The Bertz CT molecular complexity index is 766. The van der Waals surface area contributed by atoms with Crippen LogP contribution in [0, 0.1) is 0 Å². The van der Waals surface area contributed by atoms with Crippen molar-refractivity contribution in [1.29, 1.82) is 0 Å². The molecule has 2 heterocycles. The highest BCUT2D eigenvalue weighted by Gasteiger charge is 2.14. The number of carboxylic acid groups (broad SMARTS) is 1. The van der Waals surface area contributed by atoms with Crippen molar-refractivity contribution in [2.75, 3.05) is 0 Å². The van der Waals surface area contributed by atoms with E-state index < -0.39 is 12.0 Å². The molecule has 3 rings (SSSR count). The number of aliphatic carboxylic acids is 1. The Morgan fingerprint density at radius 1 is 1.50 bits per heavy atom. The molecule has 8 heteroatoms. The zero-order valence-corrected chi connectivity index (χ0v) is 11.1. The van der Waals surface area contributed by atoms with Gasteiger partial charge in [-0.3, -0.25) is 4.79 Å². The minimum absolute atomic E-state index is 0.151. The van der Waals surface area contributed by atoms with Crippen LogP contribution in [0.2, 0.25) is 0 Å². The molecule has 3 aromatic rings. The van der Waals surface area contributed by atoms with Crippen LogP contribution in [0.3, 0.4) is 0 Å². The fourth-order valence-electron chi connectivity index (χ4n) is 1.82. The summed E-state index contributed by atoms with van der Waals surface area (Å²) in [5.74, 6) is -1.05. The Hall–Kier alpha value is -2.32. The van der Waals surface area contributed by atoms with E-state index in [0.717, 1.165) is 15.9 Å². The molecule has 0 amide bonds. The highest BCUT2D eigenvalue weighted by atomic mass is 32.1. The average molecular weight is 289 g/mol. The maximum absolute atomic E-state index is 10.7. The molecule has 2 aromatic heterocycles. The first kappa shape index (κ1) is 12.7. The summed E-state index contributed by atoms with van der Waals surface area (Å²) in [5, 5.41) is 16.7. The first-order chi connectivity index (χ1) is 9.63. The van der Waals surface area contributed by atoms with Crippen LogP contribution in [-0.2, 0) is 11.2 Å². The van der Waals surface area contributed by atoms with Crippen molar-refractivity contribution in [3.05, 3.63) is 35.6 Å². The maximum atomic E-state index is 10.7. The number of hydrogen-bond acceptors (Lipinski definition) is 6. The van der Waals surface area contributed by atoms with Gasteiger partial charge in [-0.15, -0.1) is 16.4 Å². The fourth-order valence-corrected chi connectivity index (χ4v) is 2.53. The molecule has 0 fully saturated rings. The molecule has 1 unspecified atom stereocenters. The lowest BCUT2D eigenvalue weighted by molar-refractivity contribution is -0.138. The number of nitrogens with two attached hydrogens (primary N) is 1. The van der Waals surface area contributed by atoms with Crippen LogP contribution in [0.5, 0.6) is 0 Å². The summed E-state index contributed by atoms with van der Waals surface area (Å²) in [7, 11) is 0. The minimum Gasteiger partial charge on any atom is -0.480 e. The standard InChI is InChI=1S/C12H11N5O2S/c13-9(12(18)19)3-7-5-17(16-15-7)8-1-2-10-11(4-8)20-6-14-10/h1-2,4-6,9H,3,13H2,(H,18,19). The van der Waals surface area contributed by atoms with Crippen LogP contribution < -0.4 is 5.73 Å². The SMILES string of the molecule is NC(Cc1cn(-c2ccc3ncsc3c2)nn1)C(=O)O. The van der Waals surface area contributed by atoms with Crippen molar-refractivity contribution in [2.24, 2.45) is 5.73 Å². The van der Waals surface area contributed by atoms with Gasteiger partial charge in [0, 0.05) is 6.42 Å². The lowest BCUT2D eigenvalue weighted by atomic mass is 10.2. The van der Waals surface area contributed by atoms with E-state index in [2.05, 4.69) is 15.3 Å². The molecular formula is C12H11N5O2S. The molecule has 1 aromatic carbocycles. The lowest BCUT2D eigenvalue weighted by Crippen LogP contribution is -2.32. The van der Waals surface area contributed by atoms with Crippen molar-refractivity contribution in [3.63, 3.8) is 0 Å². The van der Waals surface area contributed by atoms with E-state index in [1.807, 2.05) is 18.2 Å². The molecule has 3 N–H and O–H groups in total. The molecule has 0 saturated heterocycles. The first-order valence-corrected chi connectivity index (χ1v) is 6.74. The van der Waals surface area contributed by atoms with Gasteiger partial charge in [-0.1, -0.05) is 5.21 Å². The number of carboxylic acids is 1. The summed E-state index contributed by atoms with van der Waals surface area (Å²) in [6.45, 7) is 0. The predicted octanol–water partition coefficient (Wildman–Crippen LogP) is 0.831. The Kier molecular flexibility index (Phi) is 3.17. The zero-order chi connectivity index (χ0) is 14.1. The van der Waals surface area contributed by atoms with Gasteiger partial charge in [0.1, 0.15) is 6.04 Å². The van der Waals surface area contributed by atoms with E-state index in [1.165, 1.54) is 0 Å². The number of rotatable bonds is 4. The second kappa shape index (κ2) is 4.99. The van der Waals surface area contributed by atoms with Crippen molar-refractivity contribution in [1.82, 2.24) is 20.0 Å². The number of fused-ring (bicyclic) bond motifs is 1. The van der Waals surface area contributed by atoms with E-state index in [4.69, 9.17) is 10.8 Å². The van der Waals surface area contributed by atoms with Crippen LogP contribution in [0.15, 0.2) is 29.9 Å². The largest absolute Gasteiger partial charge is 0.480 e. The summed E-state index contributed by atoms with van der Waals surface area (Å²) in [4.78, 5) is 14.9. The molecule has 0 bridgehead atoms. The van der Waals surface area contributed by atoms with Gasteiger partial charge in [-0.25, -0.2) is 9.67 Å². The van der Waals surface area contributed by atoms with Crippen molar-refractivity contribution >= 4 is 27.5 Å². The topological polar surface area (TPSA) is 107 Å². The summed E-state index contributed by atoms with van der Waals surface area (Å²) in [6, 6.07) is 4.79. The van der Waals surface area contributed by atoms with Gasteiger partial charge in [0.05, 0.1) is 33.3 Å². The molecule has 1 atom stereocenters. The van der Waals surface area contributed by atoms with E-state index in [1.54, 1.807) is 27.7 Å². The Balaban J connectivity index is 1.87. The van der Waals surface area contributed by atoms with Crippen molar-refractivity contribution in [2.45, 2.75) is 12.5 Å². The number of carbonyl (C=O) groups is 1. The number of nitrogens with zero attached hydrogens (tertiary/aromatic N) is 4. The van der Waals surface area contributed by atoms with Gasteiger partial charge >= 0.3 is 5.97 Å². The van der Waals surface area contributed by atoms with Gasteiger partial charge in [0.15, 0.2) is 0 Å². The third kappa shape index (κ3) is 2.38. The quantitative estimate of drug-likeness (QED) is 0.736. The lowest BCUT2D eigenvalue weighted by Gasteiger charge is -2.02. The fraction of sp³-hybridized carbons (Fsp3) is 0.167. The molecular weight excluding hydrogens is 278 g/mol. The Morgan fingerprint density at radius 2 is 2.35 bits per heavy atom. The average Bonchev–Trinajstić information content (AvgIpc) is 3.05. The smallest absolute Gasteiger partial charge is 0.320 e. The van der Waals surface area contributed by atoms with Gasteiger partial charge in [-0.05, 0) is 18.2 Å². The third-order valence-corrected chi connectivity index (χ3v) is 3.66. The number of aromatic nitrogens is 4. The summed E-state index contributed by atoms with van der Waals surface area (Å²) >= 11 is 1.55. The normalized spacial score (nSPS) is 12.7. The van der Waals surface area contributed by atoms with Crippen LogP contribution >= 0.6 is 11.3 Å². The number of thiazole rings is 1. The Morgan fingerprint density at radius 3 is 3.15 bits per heavy atom. The van der Waals surface area contributed by atoms with E-state index >= 15 is 0 Å². The molecule has 0 aliphatic carbocycles. The molecule has 0 spiro atoms. The van der Waals surface area contributed by atoms with Crippen LogP contribution in [0.1, 0.15) is 5.69 Å². The van der Waals surface area contributed by atoms with Gasteiger partial charge in [0.2, 0.25) is 0 Å². The van der Waals surface area contributed by atoms with Gasteiger partial charge in [0.25, 0.3) is 0 Å². The van der Waals surface area contributed by atoms with Gasteiger partial charge in [-0.2, -0.15) is 0 Å².